The molecule has 0 saturated carbocycles. The average molecular weight is 307 g/mol. The number of rotatable bonds is 6. The highest BCUT2D eigenvalue weighted by molar-refractivity contribution is 5.99. The van der Waals surface area contributed by atoms with E-state index in [-0.39, 0.29) is 24.2 Å². The van der Waals surface area contributed by atoms with Crippen molar-refractivity contribution in [3.05, 3.63) is 35.4 Å². The normalized spacial score (nSPS) is 9.73. The van der Waals surface area contributed by atoms with E-state index in [1.54, 1.807) is 0 Å². The van der Waals surface area contributed by atoms with E-state index in [1.165, 1.54) is 38.4 Å². The fourth-order valence-electron chi connectivity index (χ4n) is 1.64. The molecule has 22 heavy (non-hydrogen) atoms. The summed E-state index contributed by atoms with van der Waals surface area (Å²) in [4.78, 5) is 47.1. The monoisotopic (exact) mass is 307 g/mol. The Hall–Kier alpha value is -2.90. The molecular formula is C14H17N3O5. The number of amides is 3. The summed E-state index contributed by atoms with van der Waals surface area (Å²) >= 11 is 0. The van der Waals surface area contributed by atoms with E-state index in [0.29, 0.717) is 0 Å². The van der Waals surface area contributed by atoms with Crippen LogP contribution in [0.2, 0.25) is 0 Å². The van der Waals surface area contributed by atoms with Gasteiger partial charge >= 0.3 is 5.97 Å². The number of nitrogens with zero attached hydrogens (tertiary/aromatic N) is 1. The molecule has 8 nitrogen and oxygen atoms in total. The molecule has 1 aromatic carbocycles. The van der Waals surface area contributed by atoms with Gasteiger partial charge in [0.05, 0.1) is 5.56 Å². The van der Waals surface area contributed by atoms with Gasteiger partial charge in [-0.2, -0.15) is 0 Å². The van der Waals surface area contributed by atoms with Crippen molar-refractivity contribution in [3.63, 3.8) is 0 Å². The second-order valence-electron chi connectivity index (χ2n) is 4.39. The SMILES string of the molecule is CNC(=O)CN(CC(=O)NC)C(=O)c1ccc(C(=O)O)cc1. The number of benzene rings is 1. The number of likely N-dealkylation sites (N-methyl/N-ethyl adjacent to an activating group) is 2. The van der Waals surface area contributed by atoms with E-state index in [4.69, 9.17) is 5.11 Å². The number of hydrogen-bond acceptors (Lipinski definition) is 4. The molecule has 0 heterocycles. The van der Waals surface area contributed by atoms with E-state index in [1.807, 2.05) is 0 Å². The molecular weight excluding hydrogens is 290 g/mol. The summed E-state index contributed by atoms with van der Waals surface area (Å²) in [6.07, 6.45) is 0. The van der Waals surface area contributed by atoms with Gasteiger partial charge in [0.15, 0.2) is 0 Å². The van der Waals surface area contributed by atoms with Crippen LogP contribution in [-0.2, 0) is 9.59 Å². The summed E-state index contributed by atoms with van der Waals surface area (Å²) in [7, 11) is 2.85. The number of aromatic carboxylic acids is 1. The molecule has 0 fully saturated rings. The van der Waals surface area contributed by atoms with E-state index < -0.39 is 23.7 Å². The molecule has 0 bridgehead atoms. The minimum atomic E-state index is -1.11. The van der Waals surface area contributed by atoms with Crippen LogP contribution in [0.15, 0.2) is 24.3 Å². The van der Waals surface area contributed by atoms with Gasteiger partial charge in [0.2, 0.25) is 11.8 Å². The lowest BCUT2D eigenvalue weighted by atomic mass is 10.1. The van der Waals surface area contributed by atoms with E-state index in [0.717, 1.165) is 4.90 Å². The smallest absolute Gasteiger partial charge is 0.335 e. The Bertz CT molecular complexity index is 565. The maximum Gasteiger partial charge on any atom is 0.335 e. The van der Waals surface area contributed by atoms with Crippen molar-refractivity contribution in [2.45, 2.75) is 0 Å². The standard InChI is InChI=1S/C14H17N3O5/c1-15-11(18)7-17(8-12(19)16-2)13(20)9-3-5-10(6-4-9)14(21)22/h3-6H,7-8H2,1-2H3,(H,15,18)(H,16,19)(H,21,22). The predicted molar refractivity (Wildman–Crippen MR) is 77.4 cm³/mol. The molecule has 8 heteroatoms. The second kappa shape index (κ2) is 7.77. The quantitative estimate of drug-likeness (QED) is 0.644. The van der Waals surface area contributed by atoms with Gasteiger partial charge in [-0.1, -0.05) is 0 Å². The van der Waals surface area contributed by atoms with Gasteiger partial charge in [-0.05, 0) is 24.3 Å². The lowest BCUT2D eigenvalue weighted by Gasteiger charge is -2.21. The van der Waals surface area contributed by atoms with Crippen LogP contribution in [0, 0.1) is 0 Å². The minimum absolute atomic E-state index is 0.0423. The Morgan fingerprint density at radius 1 is 0.909 bits per heavy atom. The summed E-state index contributed by atoms with van der Waals surface area (Å²) < 4.78 is 0. The predicted octanol–water partition coefficient (Wildman–Crippen LogP) is -0.681. The first-order chi connectivity index (χ1) is 10.4. The molecule has 0 aliphatic rings. The van der Waals surface area contributed by atoms with Gasteiger partial charge in [0, 0.05) is 19.7 Å². The number of carboxylic acids is 1. The van der Waals surface area contributed by atoms with Crippen LogP contribution in [0.3, 0.4) is 0 Å². The second-order valence-corrected chi connectivity index (χ2v) is 4.39. The highest BCUT2D eigenvalue weighted by Crippen LogP contribution is 2.08. The first-order valence-electron chi connectivity index (χ1n) is 6.42. The van der Waals surface area contributed by atoms with E-state index in [9.17, 15) is 19.2 Å². The number of hydrogen-bond donors (Lipinski definition) is 3. The first kappa shape index (κ1) is 17.2. The maximum absolute atomic E-state index is 12.3. The number of nitrogens with one attached hydrogen (secondary N) is 2. The zero-order chi connectivity index (χ0) is 16.7. The van der Waals surface area contributed by atoms with Crippen molar-refractivity contribution in [1.82, 2.24) is 15.5 Å². The molecule has 0 aromatic heterocycles. The molecule has 1 rings (SSSR count). The zero-order valence-electron chi connectivity index (χ0n) is 12.3. The molecule has 0 unspecified atom stereocenters. The molecule has 0 atom stereocenters. The van der Waals surface area contributed by atoms with Gasteiger partial charge in [0.25, 0.3) is 5.91 Å². The van der Waals surface area contributed by atoms with Crippen LogP contribution < -0.4 is 10.6 Å². The van der Waals surface area contributed by atoms with Gasteiger partial charge in [-0.15, -0.1) is 0 Å². The largest absolute Gasteiger partial charge is 0.478 e. The summed E-state index contributed by atoms with van der Waals surface area (Å²) in [5.41, 5.74) is 0.235. The Kier molecular flexibility index (Phi) is 6.06. The van der Waals surface area contributed by atoms with Crippen molar-refractivity contribution < 1.29 is 24.3 Å². The van der Waals surface area contributed by atoms with E-state index in [2.05, 4.69) is 10.6 Å². The van der Waals surface area contributed by atoms with Crippen LogP contribution in [-0.4, -0.2) is 60.9 Å². The van der Waals surface area contributed by atoms with E-state index >= 15 is 0 Å². The van der Waals surface area contributed by atoms with Crippen molar-refractivity contribution in [3.8, 4) is 0 Å². The lowest BCUT2D eigenvalue weighted by molar-refractivity contribution is -0.123. The van der Waals surface area contributed by atoms with Crippen LogP contribution in [0.25, 0.3) is 0 Å². The third-order valence-corrected chi connectivity index (χ3v) is 2.89. The molecule has 1 aromatic rings. The third kappa shape index (κ3) is 4.58. The number of carbonyl (C=O) groups is 4. The summed E-state index contributed by atoms with van der Waals surface area (Å²) in [5, 5.41) is 13.6. The zero-order valence-corrected chi connectivity index (χ0v) is 12.3. The Balaban J connectivity index is 2.96. The number of carboxylic acid groups (broad SMARTS) is 1. The van der Waals surface area contributed by atoms with Gasteiger partial charge < -0.3 is 20.6 Å². The highest BCUT2D eigenvalue weighted by Gasteiger charge is 2.21. The van der Waals surface area contributed by atoms with Crippen LogP contribution in [0.1, 0.15) is 20.7 Å². The van der Waals surface area contributed by atoms with Gasteiger partial charge in [-0.25, -0.2) is 4.79 Å². The topological polar surface area (TPSA) is 116 Å². The molecule has 3 N–H and O–H groups in total. The Morgan fingerprint density at radius 3 is 1.68 bits per heavy atom. The average Bonchev–Trinajstić information content (AvgIpc) is 2.53. The molecule has 0 aliphatic carbocycles. The van der Waals surface area contributed by atoms with Crippen molar-refractivity contribution >= 4 is 23.7 Å². The van der Waals surface area contributed by atoms with Crippen molar-refractivity contribution in [2.24, 2.45) is 0 Å². The van der Waals surface area contributed by atoms with Gasteiger partial charge in [0.1, 0.15) is 13.1 Å². The first-order valence-corrected chi connectivity index (χ1v) is 6.42. The molecule has 0 saturated heterocycles. The molecule has 3 amide bonds. The Labute approximate surface area is 127 Å². The Morgan fingerprint density at radius 2 is 1.32 bits per heavy atom. The fraction of sp³-hybridized carbons (Fsp3) is 0.286. The molecule has 0 spiro atoms. The fourth-order valence-corrected chi connectivity index (χ4v) is 1.64. The van der Waals surface area contributed by atoms with Crippen LogP contribution >= 0.6 is 0 Å². The van der Waals surface area contributed by atoms with Crippen molar-refractivity contribution in [1.29, 1.82) is 0 Å². The van der Waals surface area contributed by atoms with Crippen molar-refractivity contribution in [2.75, 3.05) is 27.2 Å². The molecule has 0 aliphatic heterocycles. The third-order valence-electron chi connectivity index (χ3n) is 2.89. The molecule has 118 valence electrons. The summed E-state index contributed by atoms with van der Waals surface area (Å²) in [5.74, 6) is -2.48. The van der Waals surface area contributed by atoms with Crippen LogP contribution in [0.5, 0.6) is 0 Å². The van der Waals surface area contributed by atoms with Gasteiger partial charge in [-0.3, -0.25) is 14.4 Å². The summed E-state index contributed by atoms with van der Waals surface area (Å²) in [6, 6.07) is 5.25. The highest BCUT2D eigenvalue weighted by atomic mass is 16.4. The van der Waals surface area contributed by atoms with Crippen LogP contribution in [0.4, 0.5) is 0 Å². The minimum Gasteiger partial charge on any atom is -0.478 e. The maximum atomic E-state index is 12.3. The number of carbonyl (C=O) groups excluding carboxylic acids is 3. The summed E-state index contributed by atoms with van der Waals surface area (Å²) in [6.45, 7) is -0.549. The molecule has 0 radical (unpaired) electrons. The lowest BCUT2D eigenvalue weighted by Crippen LogP contribution is -2.44.